The van der Waals surface area contributed by atoms with Gasteiger partial charge in [-0.15, -0.1) is 11.3 Å². The highest BCUT2D eigenvalue weighted by Crippen LogP contribution is 2.17. The molecule has 102 valence electrons. The molecule has 19 heavy (non-hydrogen) atoms. The Bertz CT molecular complexity index is 696. The monoisotopic (exact) mass is 298 g/mol. The van der Waals surface area contributed by atoms with Gasteiger partial charge in [0.15, 0.2) is 0 Å². The molecule has 0 aromatic carbocycles. The van der Waals surface area contributed by atoms with Crippen LogP contribution in [0.25, 0.3) is 0 Å². The summed E-state index contributed by atoms with van der Waals surface area (Å²) < 4.78 is 26.6. The van der Waals surface area contributed by atoms with Crippen molar-refractivity contribution in [1.82, 2.24) is 9.71 Å². The lowest BCUT2D eigenvalue weighted by Crippen LogP contribution is -2.24. The van der Waals surface area contributed by atoms with Crippen LogP contribution in [0.4, 0.5) is 0 Å². The lowest BCUT2D eigenvalue weighted by Gasteiger charge is -2.06. The van der Waals surface area contributed by atoms with E-state index in [9.17, 15) is 13.2 Å². The molecule has 0 amide bonds. The second-order valence-corrected chi connectivity index (χ2v) is 6.70. The van der Waals surface area contributed by atoms with Crippen molar-refractivity contribution in [2.75, 3.05) is 0 Å². The van der Waals surface area contributed by atoms with Crippen molar-refractivity contribution < 1.29 is 8.42 Å². The molecule has 2 aromatic rings. The summed E-state index contributed by atoms with van der Waals surface area (Å²) in [5.41, 5.74) is 0.819. The molecule has 0 bridgehead atoms. The minimum Gasteiger partial charge on any atom is -0.328 e. The molecule has 2 rings (SSSR count). The van der Waals surface area contributed by atoms with E-state index in [1.807, 2.05) is 18.4 Å². The van der Waals surface area contributed by atoms with Gasteiger partial charge < -0.3 is 4.98 Å². The maximum absolute atomic E-state index is 12.0. The van der Waals surface area contributed by atoms with Crippen LogP contribution in [0, 0.1) is 0 Å². The van der Waals surface area contributed by atoms with Gasteiger partial charge in [-0.05, 0) is 29.5 Å². The Morgan fingerprint density at radius 2 is 2.11 bits per heavy atom. The lowest BCUT2D eigenvalue weighted by molar-refractivity contribution is 0.581. The van der Waals surface area contributed by atoms with Crippen molar-refractivity contribution in [2.45, 2.75) is 24.8 Å². The van der Waals surface area contributed by atoms with Gasteiger partial charge in [-0.1, -0.05) is 6.92 Å². The molecule has 0 saturated carbocycles. The SMILES string of the molecule is CCc1ccsc1CNS(=O)(=O)c1ccc(=O)[nH]c1. The Morgan fingerprint density at radius 1 is 1.32 bits per heavy atom. The summed E-state index contributed by atoms with van der Waals surface area (Å²) in [5.74, 6) is 0. The Hall–Kier alpha value is -1.44. The molecule has 0 radical (unpaired) electrons. The zero-order valence-electron chi connectivity index (χ0n) is 10.3. The Morgan fingerprint density at radius 3 is 2.74 bits per heavy atom. The van der Waals surface area contributed by atoms with E-state index in [4.69, 9.17) is 0 Å². The molecule has 0 atom stereocenters. The number of H-pyrrole nitrogens is 1. The van der Waals surface area contributed by atoms with E-state index in [2.05, 4.69) is 9.71 Å². The lowest BCUT2D eigenvalue weighted by atomic mass is 10.2. The van der Waals surface area contributed by atoms with Crippen molar-refractivity contribution >= 4 is 21.4 Å². The number of hydrogen-bond acceptors (Lipinski definition) is 4. The molecule has 2 N–H and O–H groups in total. The zero-order valence-corrected chi connectivity index (χ0v) is 12.0. The molecule has 0 aliphatic heterocycles. The number of hydrogen-bond donors (Lipinski definition) is 2. The van der Waals surface area contributed by atoms with Crippen LogP contribution in [0.15, 0.2) is 39.5 Å². The summed E-state index contributed by atoms with van der Waals surface area (Å²) in [6.45, 7) is 2.30. The van der Waals surface area contributed by atoms with Crippen molar-refractivity contribution in [3.05, 3.63) is 50.6 Å². The third-order valence-electron chi connectivity index (χ3n) is 2.71. The summed E-state index contributed by atoms with van der Waals surface area (Å²) in [7, 11) is -3.59. The molecular formula is C12H14N2O3S2. The van der Waals surface area contributed by atoms with Crippen LogP contribution >= 0.6 is 11.3 Å². The summed E-state index contributed by atoms with van der Waals surface area (Å²) in [6.07, 6.45) is 2.07. The topological polar surface area (TPSA) is 79.0 Å². The maximum atomic E-state index is 12.0. The molecule has 0 aliphatic rings. The van der Waals surface area contributed by atoms with Crippen molar-refractivity contribution in [3.8, 4) is 0 Å². The van der Waals surface area contributed by atoms with Crippen molar-refractivity contribution in [3.63, 3.8) is 0 Å². The molecule has 5 nitrogen and oxygen atoms in total. The van der Waals surface area contributed by atoms with E-state index in [-0.39, 0.29) is 17.0 Å². The van der Waals surface area contributed by atoms with Crippen molar-refractivity contribution in [2.24, 2.45) is 0 Å². The number of rotatable bonds is 5. The van der Waals surface area contributed by atoms with E-state index < -0.39 is 10.0 Å². The van der Waals surface area contributed by atoms with Crippen LogP contribution in [0.2, 0.25) is 0 Å². The fourth-order valence-corrected chi connectivity index (χ4v) is 3.61. The molecular weight excluding hydrogens is 284 g/mol. The normalized spacial score (nSPS) is 11.6. The number of aryl methyl sites for hydroxylation is 1. The predicted octanol–water partition coefficient (Wildman–Crippen LogP) is 1.48. The van der Waals surface area contributed by atoms with Gasteiger partial charge >= 0.3 is 0 Å². The van der Waals surface area contributed by atoms with E-state index >= 15 is 0 Å². The molecule has 0 aliphatic carbocycles. The maximum Gasteiger partial charge on any atom is 0.247 e. The Kier molecular flexibility index (Phi) is 4.18. The highest BCUT2D eigenvalue weighted by atomic mass is 32.2. The van der Waals surface area contributed by atoms with Crippen LogP contribution in [0.1, 0.15) is 17.4 Å². The minimum atomic E-state index is -3.59. The highest BCUT2D eigenvalue weighted by Gasteiger charge is 2.14. The second-order valence-electron chi connectivity index (χ2n) is 3.94. The largest absolute Gasteiger partial charge is 0.328 e. The van der Waals surface area contributed by atoms with Crippen LogP contribution in [-0.4, -0.2) is 13.4 Å². The third kappa shape index (κ3) is 3.31. The first-order valence-electron chi connectivity index (χ1n) is 5.76. The van der Waals surface area contributed by atoms with Gasteiger partial charge in [-0.2, -0.15) is 0 Å². The predicted molar refractivity (Wildman–Crippen MR) is 74.8 cm³/mol. The van der Waals surface area contributed by atoms with E-state index in [1.165, 1.54) is 29.7 Å². The smallest absolute Gasteiger partial charge is 0.247 e. The molecule has 7 heteroatoms. The fourth-order valence-electron chi connectivity index (χ4n) is 1.64. The summed E-state index contributed by atoms with van der Waals surface area (Å²) in [6, 6.07) is 4.47. The minimum absolute atomic E-state index is 0.0571. The summed E-state index contributed by atoms with van der Waals surface area (Å²) in [4.78, 5) is 14.3. The first-order chi connectivity index (χ1) is 9.03. The number of aromatic amines is 1. The van der Waals surface area contributed by atoms with Gasteiger partial charge in [0.2, 0.25) is 15.6 Å². The van der Waals surface area contributed by atoms with Gasteiger partial charge in [0, 0.05) is 23.7 Å². The summed E-state index contributed by atoms with van der Waals surface area (Å²) >= 11 is 1.53. The first-order valence-corrected chi connectivity index (χ1v) is 8.13. The molecule has 2 heterocycles. The fraction of sp³-hybridized carbons (Fsp3) is 0.250. The number of pyridine rings is 1. The van der Waals surface area contributed by atoms with Gasteiger partial charge in [0.25, 0.3) is 0 Å². The Labute approximate surface area is 115 Å². The molecule has 2 aromatic heterocycles. The zero-order chi connectivity index (χ0) is 13.9. The van der Waals surface area contributed by atoms with Gasteiger partial charge in [0.1, 0.15) is 0 Å². The third-order valence-corrected chi connectivity index (χ3v) is 5.07. The van der Waals surface area contributed by atoms with Crippen LogP contribution < -0.4 is 10.3 Å². The quantitative estimate of drug-likeness (QED) is 0.877. The molecule has 0 fully saturated rings. The van der Waals surface area contributed by atoms with E-state index in [0.717, 1.165) is 16.9 Å². The van der Waals surface area contributed by atoms with Crippen LogP contribution in [0.3, 0.4) is 0 Å². The van der Waals surface area contributed by atoms with Gasteiger partial charge in [-0.25, -0.2) is 13.1 Å². The Balaban J connectivity index is 2.14. The standard InChI is InChI=1S/C12H14N2O3S2/c1-2-9-5-6-18-11(9)8-14-19(16,17)10-3-4-12(15)13-7-10/h3-7,14H,2,8H2,1H3,(H,13,15). The number of aromatic nitrogens is 1. The van der Waals surface area contributed by atoms with E-state index in [1.54, 1.807) is 0 Å². The number of nitrogens with one attached hydrogen (secondary N) is 2. The van der Waals surface area contributed by atoms with Crippen LogP contribution in [0.5, 0.6) is 0 Å². The first kappa shape index (κ1) is 14.0. The van der Waals surface area contributed by atoms with Crippen molar-refractivity contribution in [1.29, 1.82) is 0 Å². The number of thiophene rings is 1. The highest BCUT2D eigenvalue weighted by molar-refractivity contribution is 7.89. The summed E-state index contributed by atoms with van der Waals surface area (Å²) in [5, 5.41) is 1.95. The number of sulfonamides is 1. The molecule has 0 unspecified atom stereocenters. The van der Waals surface area contributed by atoms with Crippen LogP contribution in [-0.2, 0) is 23.0 Å². The van der Waals surface area contributed by atoms with E-state index in [0.29, 0.717) is 0 Å². The second kappa shape index (κ2) is 5.68. The molecule has 0 spiro atoms. The molecule has 0 saturated heterocycles. The average molecular weight is 298 g/mol. The van der Waals surface area contributed by atoms with Gasteiger partial charge in [-0.3, -0.25) is 4.79 Å². The van der Waals surface area contributed by atoms with Gasteiger partial charge in [0.05, 0.1) is 4.90 Å². The average Bonchev–Trinajstić information content (AvgIpc) is 2.84.